The van der Waals surface area contributed by atoms with Crippen LogP contribution in [0.2, 0.25) is 0 Å². The van der Waals surface area contributed by atoms with E-state index >= 15 is 0 Å². The van der Waals surface area contributed by atoms with Crippen molar-refractivity contribution in [2.24, 2.45) is 5.41 Å². The van der Waals surface area contributed by atoms with Crippen LogP contribution in [0.3, 0.4) is 0 Å². The van der Waals surface area contributed by atoms with Crippen molar-refractivity contribution in [1.82, 2.24) is 5.32 Å². The molecule has 0 heterocycles. The number of amides is 1. The zero-order valence-corrected chi connectivity index (χ0v) is 11.3. The van der Waals surface area contributed by atoms with E-state index in [9.17, 15) is 9.18 Å². The molecular weight excluding hydrogens is 257 g/mol. The van der Waals surface area contributed by atoms with Crippen molar-refractivity contribution < 1.29 is 13.9 Å². The molecule has 1 aromatic carbocycles. The van der Waals surface area contributed by atoms with Gasteiger partial charge in [0.05, 0.1) is 12.0 Å². The van der Waals surface area contributed by atoms with E-state index in [-0.39, 0.29) is 17.6 Å². The second-order valence-corrected chi connectivity index (χ2v) is 4.84. The lowest BCUT2D eigenvalue weighted by molar-refractivity contribution is -0.128. The fourth-order valence-electron chi connectivity index (χ4n) is 1.16. The number of alkyl halides is 1. The summed E-state index contributed by atoms with van der Waals surface area (Å²) in [5.41, 5.74) is -0.586. The molecule has 0 saturated heterocycles. The van der Waals surface area contributed by atoms with Gasteiger partial charge in [0.2, 0.25) is 5.91 Å². The Morgan fingerprint density at radius 2 is 2.00 bits per heavy atom. The molecule has 1 amide bonds. The molecule has 0 aliphatic heterocycles. The number of carbonyl (C=O) groups excluding carboxylic acids is 1. The maximum atomic E-state index is 12.6. The van der Waals surface area contributed by atoms with Gasteiger partial charge in [0.25, 0.3) is 0 Å². The number of hydrogen-bond donors (Lipinski definition) is 1. The number of rotatable bonds is 6. The van der Waals surface area contributed by atoms with E-state index in [1.165, 1.54) is 12.1 Å². The molecule has 1 aromatic rings. The van der Waals surface area contributed by atoms with Gasteiger partial charge in [-0.25, -0.2) is 4.39 Å². The highest BCUT2D eigenvalue weighted by molar-refractivity contribution is 6.19. The highest BCUT2D eigenvalue weighted by atomic mass is 35.5. The van der Waals surface area contributed by atoms with Crippen molar-refractivity contribution in [2.45, 2.75) is 13.8 Å². The van der Waals surface area contributed by atoms with E-state index < -0.39 is 5.41 Å². The van der Waals surface area contributed by atoms with E-state index in [0.717, 1.165) is 0 Å². The SMILES string of the molecule is CC(C)(CCl)C(=O)NCCOc1ccc(F)cc1. The van der Waals surface area contributed by atoms with Crippen LogP contribution in [-0.4, -0.2) is 24.9 Å². The Hall–Kier alpha value is -1.29. The second kappa shape index (κ2) is 6.59. The highest BCUT2D eigenvalue weighted by Gasteiger charge is 2.25. The minimum absolute atomic E-state index is 0.111. The first-order chi connectivity index (χ1) is 8.45. The first-order valence-corrected chi connectivity index (χ1v) is 6.22. The van der Waals surface area contributed by atoms with Gasteiger partial charge in [0, 0.05) is 5.88 Å². The maximum absolute atomic E-state index is 12.6. The van der Waals surface area contributed by atoms with E-state index in [4.69, 9.17) is 16.3 Å². The Balaban J connectivity index is 2.27. The minimum atomic E-state index is -0.586. The molecule has 0 fully saturated rings. The Kier molecular flexibility index (Phi) is 5.41. The van der Waals surface area contributed by atoms with Gasteiger partial charge >= 0.3 is 0 Å². The average Bonchev–Trinajstić information content (AvgIpc) is 2.36. The van der Waals surface area contributed by atoms with Crippen LogP contribution >= 0.6 is 11.6 Å². The number of hydrogen-bond acceptors (Lipinski definition) is 2. The van der Waals surface area contributed by atoms with Gasteiger partial charge in [-0.2, -0.15) is 0 Å². The summed E-state index contributed by atoms with van der Waals surface area (Å²) in [5.74, 6) is 0.416. The molecule has 3 nitrogen and oxygen atoms in total. The lowest BCUT2D eigenvalue weighted by Gasteiger charge is -2.20. The first-order valence-electron chi connectivity index (χ1n) is 5.68. The van der Waals surface area contributed by atoms with Crippen LogP contribution in [0.25, 0.3) is 0 Å². The third kappa shape index (κ3) is 4.53. The smallest absolute Gasteiger partial charge is 0.226 e. The Labute approximate surface area is 111 Å². The highest BCUT2D eigenvalue weighted by Crippen LogP contribution is 2.16. The van der Waals surface area contributed by atoms with Crippen molar-refractivity contribution >= 4 is 17.5 Å². The van der Waals surface area contributed by atoms with Crippen molar-refractivity contribution in [3.05, 3.63) is 30.1 Å². The van der Waals surface area contributed by atoms with E-state index in [1.54, 1.807) is 26.0 Å². The molecule has 1 N–H and O–H groups in total. The molecule has 0 atom stereocenters. The average molecular weight is 274 g/mol. The molecule has 0 aliphatic rings. The Bertz CT molecular complexity index is 392. The summed E-state index contributed by atoms with van der Waals surface area (Å²) in [6, 6.07) is 5.73. The molecule has 1 rings (SSSR count). The van der Waals surface area contributed by atoms with Crippen LogP contribution < -0.4 is 10.1 Å². The van der Waals surface area contributed by atoms with Gasteiger partial charge < -0.3 is 10.1 Å². The van der Waals surface area contributed by atoms with Crippen molar-refractivity contribution in [1.29, 1.82) is 0 Å². The van der Waals surface area contributed by atoms with Gasteiger partial charge in [-0.1, -0.05) is 0 Å². The van der Waals surface area contributed by atoms with Crippen LogP contribution in [0.4, 0.5) is 4.39 Å². The Morgan fingerprint density at radius 3 is 2.56 bits per heavy atom. The molecule has 0 bridgehead atoms. The number of halogens is 2. The first kappa shape index (κ1) is 14.8. The van der Waals surface area contributed by atoms with Crippen molar-refractivity contribution in [2.75, 3.05) is 19.0 Å². The quantitative estimate of drug-likeness (QED) is 0.639. The summed E-state index contributed by atoms with van der Waals surface area (Å²) in [6.07, 6.45) is 0. The fourth-order valence-corrected chi connectivity index (χ4v) is 1.29. The number of ether oxygens (including phenoxy) is 1. The maximum Gasteiger partial charge on any atom is 0.226 e. The predicted molar refractivity (Wildman–Crippen MR) is 69.4 cm³/mol. The van der Waals surface area contributed by atoms with Gasteiger partial charge in [-0.05, 0) is 38.1 Å². The Morgan fingerprint density at radius 1 is 1.39 bits per heavy atom. The number of carbonyl (C=O) groups is 1. The molecule has 0 aromatic heterocycles. The van der Waals surface area contributed by atoms with Gasteiger partial charge in [-0.15, -0.1) is 11.6 Å². The predicted octanol–water partition coefficient (Wildman–Crippen LogP) is 2.59. The summed E-state index contributed by atoms with van der Waals surface area (Å²) in [5, 5.41) is 2.73. The topological polar surface area (TPSA) is 38.3 Å². The summed E-state index contributed by atoms with van der Waals surface area (Å²) < 4.78 is 18.0. The number of benzene rings is 1. The lowest BCUT2D eigenvalue weighted by atomic mass is 9.95. The summed E-state index contributed by atoms with van der Waals surface area (Å²) in [6.45, 7) is 4.26. The summed E-state index contributed by atoms with van der Waals surface area (Å²) >= 11 is 5.68. The van der Waals surface area contributed by atoms with Gasteiger partial charge in [0.15, 0.2) is 0 Å². The fraction of sp³-hybridized carbons (Fsp3) is 0.462. The van der Waals surface area contributed by atoms with Gasteiger partial charge in [0.1, 0.15) is 18.2 Å². The standard InChI is InChI=1S/C13H17ClFNO2/c1-13(2,9-14)12(17)16-7-8-18-11-5-3-10(15)4-6-11/h3-6H,7-9H2,1-2H3,(H,16,17). The molecule has 0 aliphatic carbocycles. The summed E-state index contributed by atoms with van der Waals surface area (Å²) in [7, 11) is 0. The molecule has 0 spiro atoms. The molecule has 100 valence electrons. The third-order valence-electron chi connectivity index (χ3n) is 2.42. The van der Waals surface area contributed by atoms with Gasteiger partial charge in [-0.3, -0.25) is 4.79 Å². The summed E-state index contributed by atoms with van der Waals surface area (Å²) in [4.78, 5) is 11.7. The van der Waals surface area contributed by atoms with E-state index in [2.05, 4.69) is 5.32 Å². The van der Waals surface area contributed by atoms with Crippen LogP contribution in [0, 0.1) is 11.2 Å². The second-order valence-electron chi connectivity index (χ2n) is 4.58. The third-order valence-corrected chi connectivity index (χ3v) is 3.09. The van der Waals surface area contributed by atoms with Crippen molar-refractivity contribution in [3.8, 4) is 5.75 Å². The van der Waals surface area contributed by atoms with Crippen LogP contribution in [-0.2, 0) is 4.79 Å². The molecule has 0 radical (unpaired) electrons. The molecule has 0 unspecified atom stereocenters. The largest absolute Gasteiger partial charge is 0.492 e. The van der Waals surface area contributed by atoms with E-state index in [0.29, 0.717) is 18.9 Å². The van der Waals surface area contributed by atoms with Crippen LogP contribution in [0.15, 0.2) is 24.3 Å². The molecule has 0 saturated carbocycles. The number of nitrogens with one attached hydrogen (secondary N) is 1. The van der Waals surface area contributed by atoms with Crippen LogP contribution in [0.1, 0.15) is 13.8 Å². The zero-order chi connectivity index (χ0) is 13.6. The minimum Gasteiger partial charge on any atom is -0.492 e. The lowest BCUT2D eigenvalue weighted by Crippen LogP contribution is -2.39. The zero-order valence-electron chi connectivity index (χ0n) is 10.5. The molecule has 5 heteroatoms. The van der Waals surface area contributed by atoms with Crippen LogP contribution in [0.5, 0.6) is 5.75 Å². The van der Waals surface area contributed by atoms with Crippen molar-refractivity contribution in [3.63, 3.8) is 0 Å². The van der Waals surface area contributed by atoms with E-state index in [1.807, 2.05) is 0 Å². The monoisotopic (exact) mass is 273 g/mol. The molecular formula is C13H17ClFNO2. The molecule has 18 heavy (non-hydrogen) atoms. The normalized spacial score (nSPS) is 11.1.